The summed E-state index contributed by atoms with van der Waals surface area (Å²) in [7, 11) is 0. The Morgan fingerprint density at radius 3 is 2.84 bits per heavy atom. The molecule has 3 heterocycles. The topological polar surface area (TPSA) is 68.0 Å². The zero-order valence-electron chi connectivity index (χ0n) is 13.7. The summed E-state index contributed by atoms with van der Waals surface area (Å²) in [5.74, 6) is 1.28. The van der Waals surface area contributed by atoms with Gasteiger partial charge in [-0.15, -0.1) is 22.7 Å². The highest BCUT2D eigenvalue weighted by atomic mass is 32.1. The number of amides is 1. The smallest absolute Gasteiger partial charge is 0.244 e. The maximum Gasteiger partial charge on any atom is 0.244 e. The van der Waals surface area contributed by atoms with Crippen LogP contribution in [0.15, 0.2) is 45.6 Å². The highest BCUT2D eigenvalue weighted by molar-refractivity contribution is 7.13. The molecule has 130 valence electrons. The third-order valence-corrected chi connectivity index (χ3v) is 5.22. The molecule has 1 amide bonds. The summed E-state index contributed by atoms with van der Waals surface area (Å²) >= 11 is 3.21. The summed E-state index contributed by atoms with van der Waals surface area (Å²) in [6.07, 6.45) is 7.09. The molecular weight excluding hydrogens is 354 g/mol. The van der Waals surface area contributed by atoms with Crippen LogP contribution in [0.4, 0.5) is 0 Å². The minimum atomic E-state index is -0.0501. The minimum absolute atomic E-state index is 0.0501. The lowest BCUT2D eigenvalue weighted by Crippen LogP contribution is -2.21. The predicted molar refractivity (Wildman–Crippen MR) is 102 cm³/mol. The van der Waals surface area contributed by atoms with Gasteiger partial charge in [-0.3, -0.25) is 4.79 Å². The van der Waals surface area contributed by atoms with E-state index in [2.05, 4.69) is 15.5 Å². The van der Waals surface area contributed by atoms with Crippen molar-refractivity contribution >= 4 is 34.7 Å². The Morgan fingerprint density at radius 1 is 1.16 bits per heavy atom. The molecule has 1 N–H and O–H groups in total. The quantitative estimate of drug-likeness (QED) is 0.446. The van der Waals surface area contributed by atoms with Crippen LogP contribution in [-0.4, -0.2) is 22.6 Å². The molecule has 0 saturated heterocycles. The summed E-state index contributed by atoms with van der Waals surface area (Å²) in [5, 5.41) is 10.9. The summed E-state index contributed by atoms with van der Waals surface area (Å²) in [5.41, 5.74) is 0. The Hall–Kier alpha value is -2.25. The second-order valence-corrected chi connectivity index (χ2v) is 7.37. The monoisotopic (exact) mass is 373 g/mol. The van der Waals surface area contributed by atoms with Crippen molar-refractivity contribution in [3.63, 3.8) is 0 Å². The molecule has 3 rings (SSSR count). The summed E-state index contributed by atoms with van der Waals surface area (Å²) in [6, 6.07) is 7.90. The van der Waals surface area contributed by atoms with Crippen molar-refractivity contribution in [1.82, 2.24) is 15.5 Å². The number of carbonyl (C=O) groups excluding carboxylic acids is 1. The van der Waals surface area contributed by atoms with Crippen molar-refractivity contribution in [2.24, 2.45) is 0 Å². The Kier molecular flexibility index (Phi) is 6.53. The molecule has 0 aliphatic heterocycles. The van der Waals surface area contributed by atoms with E-state index in [0.717, 1.165) is 35.4 Å². The molecule has 3 aromatic rings. The van der Waals surface area contributed by atoms with Gasteiger partial charge in [0.15, 0.2) is 0 Å². The number of nitrogens with zero attached hydrogens (tertiary/aromatic N) is 2. The van der Waals surface area contributed by atoms with Gasteiger partial charge in [-0.1, -0.05) is 23.7 Å². The fraction of sp³-hybridized carbons (Fsp3) is 0.278. The fourth-order valence-corrected chi connectivity index (χ4v) is 3.52. The first-order valence-corrected chi connectivity index (χ1v) is 9.93. The van der Waals surface area contributed by atoms with Gasteiger partial charge in [0, 0.05) is 23.9 Å². The first kappa shape index (κ1) is 17.6. The summed E-state index contributed by atoms with van der Waals surface area (Å²) in [6.45, 7) is 0.678. The van der Waals surface area contributed by atoms with Crippen molar-refractivity contribution in [3.05, 3.63) is 51.9 Å². The SMILES string of the molecule is O=C(/C=C/c1cccs1)NCCCCCc1nc(-c2cccs2)no1. The van der Waals surface area contributed by atoms with Crippen LogP contribution in [0, 0.1) is 0 Å². The molecule has 0 bridgehead atoms. The molecular formula is C18H19N3O2S2. The number of carbonyl (C=O) groups is 1. The van der Waals surface area contributed by atoms with Gasteiger partial charge >= 0.3 is 0 Å². The van der Waals surface area contributed by atoms with Gasteiger partial charge in [0.1, 0.15) is 0 Å². The van der Waals surface area contributed by atoms with Gasteiger partial charge in [-0.05, 0) is 41.8 Å². The van der Waals surface area contributed by atoms with E-state index in [1.165, 1.54) is 0 Å². The molecule has 0 atom stereocenters. The maximum atomic E-state index is 11.7. The molecule has 0 radical (unpaired) electrons. The number of unbranched alkanes of at least 4 members (excludes halogenated alkanes) is 2. The molecule has 0 unspecified atom stereocenters. The Balaban J connectivity index is 1.28. The van der Waals surface area contributed by atoms with E-state index in [4.69, 9.17) is 4.52 Å². The fourth-order valence-electron chi connectivity index (χ4n) is 2.25. The van der Waals surface area contributed by atoms with Crippen molar-refractivity contribution < 1.29 is 9.32 Å². The molecule has 25 heavy (non-hydrogen) atoms. The lowest BCUT2D eigenvalue weighted by molar-refractivity contribution is -0.116. The van der Waals surface area contributed by atoms with Crippen LogP contribution < -0.4 is 5.32 Å². The van der Waals surface area contributed by atoms with E-state index in [1.807, 2.05) is 41.1 Å². The predicted octanol–water partition coefficient (Wildman–Crippen LogP) is 4.40. The number of nitrogens with one attached hydrogen (secondary N) is 1. The van der Waals surface area contributed by atoms with Crippen molar-refractivity contribution in [2.75, 3.05) is 6.54 Å². The first-order valence-electron chi connectivity index (χ1n) is 8.17. The minimum Gasteiger partial charge on any atom is -0.353 e. The highest BCUT2D eigenvalue weighted by Crippen LogP contribution is 2.21. The zero-order chi connectivity index (χ0) is 17.3. The molecule has 5 nitrogen and oxygen atoms in total. The average molecular weight is 374 g/mol. The first-order chi connectivity index (χ1) is 12.3. The Labute approximate surface area is 154 Å². The second-order valence-electron chi connectivity index (χ2n) is 5.44. The second kappa shape index (κ2) is 9.29. The van der Waals surface area contributed by atoms with E-state index in [-0.39, 0.29) is 5.91 Å². The van der Waals surface area contributed by atoms with Crippen LogP contribution in [0.25, 0.3) is 16.8 Å². The lowest BCUT2D eigenvalue weighted by atomic mass is 10.2. The van der Waals surface area contributed by atoms with E-state index >= 15 is 0 Å². The molecule has 0 aromatic carbocycles. The highest BCUT2D eigenvalue weighted by Gasteiger charge is 2.08. The van der Waals surface area contributed by atoms with Crippen LogP contribution in [0.5, 0.6) is 0 Å². The van der Waals surface area contributed by atoms with Gasteiger partial charge in [-0.2, -0.15) is 4.98 Å². The number of aryl methyl sites for hydroxylation is 1. The largest absolute Gasteiger partial charge is 0.353 e. The van der Waals surface area contributed by atoms with Crippen molar-refractivity contribution in [3.8, 4) is 10.7 Å². The number of rotatable bonds is 9. The molecule has 0 spiro atoms. The van der Waals surface area contributed by atoms with Crippen LogP contribution in [0.2, 0.25) is 0 Å². The van der Waals surface area contributed by atoms with E-state index in [0.29, 0.717) is 18.3 Å². The number of aromatic nitrogens is 2. The van der Waals surface area contributed by atoms with E-state index in [9.17, 15) is 4.79 Å². The molecule has 0 aliphatic carbocycles. The van der Waals surface area contributed by atoms with Crippen LogP contribution in [0.3, 0.4) is 0 Å². The average Bonchev–Trinajstić information content (AvgIpc) is 3.38. The van der Waals surface area contributed by atoms with Crippen molar-refractivity contribution in [1.29, 1.82) is 0 Å². The lowest BCUT2D eigenvalue weighted by Gasteiger charge is -2.01. The summed E-state index contributed by atoms with van der Waals surface area (Å²) in [4.78, 5) is 18.2. The standard InChI is InChI=1S/C18H19N3O2S2/c22-16(10-9-14-6-4-12-24-14)19-11-3-1-2-8-17-20-18(21-23-17)15-7-5-13-25-15/h4-7,9-10,12-13H,1-3,8,11H2,(H,19,22)/b10-9+. The Bertz CT molecular complexity index is 792. The Morgan fingerprint density at radius 2 is 2.04 bits per heavy atom. The van der Waals surface area contributed by atoms with Gasteiger partial charge in [0.05, 0.1) is 4.88 Å². The maximum absolute atomic E-state index is 11.7. The van der Waals surface area contributed by atoms with Gasteiger partial charge in [0.2, 0.25) is 17.6 Å². The molecule has 3 aromatic heterocycles. The number of hydrogen-bond acceptors (Lipinski definition) is 6. The molecule has 0 aliphatic rings. The van der Waals surface area contributed by atoms with Crippen molar-refractivity contribution in [2.45, 2.75) is 25.7 Å². The van der Waals surface area contributed by atoms with Crippen LogP contribution in [-0.2, 0) is 11.2 Å². The van der Waals surface area contributed by atoms with Crippen LogP contribution >= 0.6 is 22.7 Å². The van der Waals surface area contributed by atoms with E-state index in [1.54, 1.807) is 28.7 Å². The van der Waals surface area contributed by atoms with Gasteiger partial charge in [-0.25, -0.2) is 0 Å². The van der Waals surface area contributed by atoms with Gasteiger partial charge < -0.3 is 9.84 Å². The van der Waals surface area contributed by atoms with Gasteiger partial charge in [0.25, 0.3) is 0 Å². The normalized spacial score (nSPS) is 11.2. The van der Waals surface area contributed by atoms with E-state index < -0.39 is 0 Å². The third kappa shape index (κ3) is 5.65. The number of hydrogen-bond donors (Lipinski definition) is 1. The zero-order valence-corrected chi connectivity index (χ0v) is 15.3. The third-order valence-electron chi connectivity index (χ3n) is 3.52. The van der Waals surface area contributed by atoms with Crippen LogP contribution in [0.1, 0.15) is 30.0 Å². The molecule has 0 fully saturated rings. The molecule has 0 saturated carbocycles. The molecule has 7 heteroatoms. The number of thiophene rings is 2. The summed E-state index contributed by atoms with van der Waals surface area (Å²) < 4.78 is 5.27.